The van der Waals surface area contributed by atoms with Crippen LogP contribution in [0.25, 0.3) is 11.1 Å². The van der Waals surface area contributed by atoms with Gasteiger partial charge in [-0.2, -0.15) is 0 Å². The Morgan fingerprint density at radius 2 is 2.03 bits per heavy atom. The van der Waals surface area contributed by atoms with E-state index in [4.69, 9.17) is 4.42 Å². The van der Waals surface area contributed by atoms with Gasteiger partial charge in [0.1, 0.15) is 11.6 Å². The molecule has 0 aliphatic heterocycles. The Kier molecular flexibility index (Phi) is 5.55. The fourth-order valence-electron chi connectivity index (χ4n) is 5.13. The Hall–Kier alpha value is -2.99. The number of hydrogen-bond donors (Lipinski definition) is 2. The van der Waals surface area contributed by atoms with Gasteiger partial charge in [-0.15, -0.1) is 0 Å². The second-order valence-electron chi connectivity index (χ2n) is 8.79. The number of halogens is 2. The molecule has 0 fully saturated rings. The van der Waals surface area contributed by atoms with E-state index in [0.717, 1.165) is 36.5 Å². The summed E-state index contributed by atoms with van der Waals surface area (Å²) in [6.07, 6.45) is 7.28. The highest BCUT2D eigenvalue weighted by molar-refractivity contribution is 5.74. The Morgan fingerprint density at radius 1 is 1.16 bits per heavy atom. The van der Waals surface area contributed by atoms with Crippen molar-refractivity contribution in [3.63, 3.8) is 0 Å². The highest BCUT2D eigenvalue weighted by Gasteiger charge is 2.42. The highest BCUT2D eigenvalue weighted by Crippen LogP contribution is 2.48. The summed E-state index contributed by atoms with van der Waals surface area (Å²) in [5, 5.41) is 6.59. The summed E-state index contributed by atoms with van der Waals surface area (Å²) in [5.41, 5.74) is 6.03. The minimum Gasteiger partial charge on any atom is -0.472 e. The smallest absolute Gasteiger partial charge is 0.217 e. The summed E-state index contributed by atoms with van der Waals surface area (Å²) in [5.74, 6) is -1.52. The average molecular weight is 437 g/mol. The third kappa shape index (κ3) is 4.07. The molecule has 5 rings (SSSR count). The monoisotopic (exact) mass is 436 g/mol. The quantitative estimate of drug-likeness (QED) is 0.533. The molecule has 1 heterocycles. The van der Waals surface area contributed by atoms with Crippen LogP contribution in [0.5, 0.6) is 0 Å². The molecule has 0 saturated heterocycles. The van der Waals surface area contributed by atoms with Crippen molar-refractivity contribution in [1.82, 2.24) is 10.6 Å². The van der Waals surface area contributed by atoms with Gasteiger partial charge in [-0.3, -0.25) is 4.79 Å². The van der Waals surface area contributed by atoms with E-state index in [0.29, 0.717) is 24.1 Å². The van der Waals surface area contributed by atoms with Gasteiger partial charge in [0, 0.05) is 42.1 Å². The van der Waals surface area contributed by atoms with Crippen LogP contribution >= 0.6 is 0 Å². The molecule has 2 aromatic carbocycles. The Bertz CT molecular complexity index is 1140. The van der Waals surface area contributed by atoms with Crippen LogP contribution in [0.15, 0.2) is 53.3 Å². The van der Waals surface area contributed by atoms with Crippen molar-refractivity contribution in [3.8, 4) is 11.1 Å². The number of amides is 1. The molecule has 1 aromatic heterocycles. The maximum atomic E-state index is 14.1. The topological polar surface area (TPSA) is 54.3 Å². The molecule has 2 N–H and O–H groups in total. The van der Waals surface area contributed by atoms with Crippen molar-refractivity contribution in [1.29, 1.82) is 0 Å². The molecule has 0 bridgehead atoms. The first-order valence-electron chi connectivity index (χ1n) is 11.2. The third-order valence-corrected chi connectivity index (χ3v) is 6.64. The van der Waals surface area contributed by atoms with E-state index in [1.165, 1.54) is 24.1 Å². The number of benzene rings is 2. The van der Waals surface area contributed by atoms with Crippen LogP contribution in [-0.4, -0.2) is 18.5 Å². The molecular weight excluding hydrogens is 410 g/mol. The summed E-state index contributed by atoms with van der Waals surface area (Å²) in [6.45, 7) is 2.12. The zero-order valence-electron chi connectivity index (χ0n) is 18.0. The van der Waals surface area contributed by atoms with Crippen molar-refractivity contribution in [2.45, 2.75) is 50.6 Å². The van der Waals surface area contributed by atoms with Gasteiger partial charge in [-0.05, 0) is 72.7 Å². The minimum atomic E-state index is -0.573. The number of carbonyl (C=O) groups is 1. The van der Waals surface area contributed by atoms with E-state index in [1.807, 2.05) is 6.07 Å². The summed E-state index contributed by atoms with van der Waals surface area (Å²) in [7, 11) is 0. The molecule has 0 radical (unpaired) electrons. The first-order valence-corrected chi connectivity index (χ1v) is 11.2. The van der Waals surface area contributed by atoms with Crippen LogP contribution in [0.4, 0.5) is 8.78 Å². The molecule has 166 valence electrons. The van der Waals surface area contributed by atoms with Crippen LogP contribution in [0.1, 0.15) is 60.4 Å². The predicted molar refractivity (Wildman–Crippen MR) is 118 cm³/mol. The van der Waals surface area contributed by atoms with Crippen molar-refractivity contribution >= 4 is 5.91 Å². The van der Waals surface area contributed by atoms with Gasteiger partial charge in [0.15, 0.2) is 0 Å². The van der Waals surface area contributed by atoms with E-state index in [-0.39, 0.29) is 23.9 Å². The lowest BCUT2D eigenvalue weighted by atomic mass is 9.85. The zero-order chi connectivity index (χ0) is 22.2. The first kappa shape index (κ1) is 20.9. The average Bonchev–Trinajstić information content (AvgIpc) is 3.22. The zero-order valence-corrected chi connectivity index (χ0v) is 18.0. The van der Waals surface area contributed by atoms with Gasteiger partial charge in [-0.1, -0.05) is 12.1 Å². The van der Waals surface area contributed by atoms with E-state index in [9.17, 15) is 13.6 Å². The largest absolute Gasteiger partial charge is 0.472 e. The SMILES string of the molecule is CC(=O)N[C@H](CCN[C@H]1CCCc2ccc(-c3ccoc3)cc21)C1c2cc(F)cc(F)c21. The number of aryl methyl sites for hydroxylation is 1. The number of rotatable bonds is 7. The maximum Gasteiger partial charge on any atom is 0.217 e. The third-order valence-electron chi connectivity index (χ3n) is 6.64. The van der Waals surface area contributed by atoms with E-state index >= 15 is 0 Å². The van der Waals surface area contributed by atoms with Gasteiger partial charge < -0.3 is 15.1 Å². The van der Waals surface area contributed by atoms with Gasteiger partial charge in [0.2, 0.25) is 5.91 Å². The fourth-order valence-corrected chi connectivity index (χ4v) is 5.13. The molecule has 2 aliphatic rings. The van der Waals surface area contributed by atoms with Crippen LogP contribution in [0.3, 0.4) is 0 Å². The standard InChI is InChI=1S/C26H26F2N2O2/c1-15(31)30-24(26-21-12-19(27)13-22(28)25(21)26)7-9-29-23-4-2-3-16-5-6-17(11-20(16)23)18-8-10-32-14-18/h5-6,8,10-14,23-24,26,29H,2-4,7,9H2,1H3,(H,30,31)/t23-,24+,26?/m0/s1. The van der Waals surface area contributed by atoms with Gasteiger partial charge in [0.25, 0.3) is 0 Å². The summed E-state index contributed by atoms with van der Waals surface area (Å²) in [4.78, 5) is 11.8. The molecule has 1 amide bonds. The molecule has 0 spiro atoms. The molecule has 4 nitrogen and oxygen atoms in total. The van der Waals surface area contributed by atoms with E-state index in [1.54, 1.807) is 12.5 Å². The minimum absolute atomic E-state index is 0.165. The first-order chi connectivity index (χ1) is 15.5. The molecule has 1 unspecified atom stereocenters. The Morgan fingerprint density at radius 3 is 2.81 bits per heavy atom. The molecule has 6 heteroatoms. The number of fused-ring (bicyclic) bond motifs is 2. The number of furan rings is 1. The lowest BCUT2D eigenvalue weighted by Crippen LogP contribution is -2.38. The molecule has 3 aromatic rings. The summed E-state index contributed by atoms with van der Waals surface area (Å²) >= 11 is 0. The van der Waals surface area contributed by atoms with Crippen LogP contribution in [0.2, 0.25) is 0 Å². The molecule has 32 heavy (non-hydrogen) atoms. The van der Waals surface area contributed by atoms with Crippen LogP contribution in [-0.2, 0) is 11.2 Å². The summed E-state index contributed by atoms with van der Waals surface area (Å²) in [6, 6.07) is 10.8. The van der Waals surface area contributed by atoms with Crippen LogP contribution < -0.4 is 10.6 Å². The predicted octanol–water partition coefficient (Wildman–Crippen LogP) is 5.23. The van der Waals surface area contributed by atoms with E-state index in [2.05, 4.69) is 28.8 Å². The number of hydrogen-bond acceptors (Lipinski definition) is 3. The normalized spacial score (nSPS) is 19.7. The van der Waals surface area contributed by atoms with Crippen molar-refractivity contribution in [2.75, 3.05) is 6.54 Å². The second kappa shape index (κ2) is 8.51. The highest BCUT2D eigenvalue weighted by atomic mass is 19.1. The molecule has 3 atom stereocenters. The van der Waals surface area contributed by atoms with E-state index < -0.39 is 11.6 Å². The maximum absolute atomic E-state index is 14.1. The lowest BCUT2D eigenvalue weighted by Gasteiger charge is -2.28. The van der Waals surface area contributed by atoms with Gasteiger partial charge in [0.05, 0.1) is 12.5 Å². The molecular formula is C26H26F2N2O2. The Labute approximate surface area is 186 Å². The lowest BCUT2D eigenvalue weighted by molar-refractivity contribution is -0.119. The van der Waals surface area contributed by atoms with Gasteiger partial charge in [-0.25, -0.2) is 8.78 Å². The number of nitrogens with one attached hydrogen (secondary N) is 2. The van der Waals surface area contributed by atoms with Crippen LogP contribution in [0, 0.1) is 11.6 Å². The molecule has 2 aliphatic carbocycles. The number of carbonyl (C=O) groups excluding carboxylic acids is 1. The van der Waals surface area contributed by atoms with Gasteiger partial charge >= 0.3 is 0 Å². The van der Waals surface area contributed by atoms with Crippen molar-refractivity contribution < 1.29 is 18.0 Å². The van der Waals surface area contributed by atoms with Crippen molar-refractivity contribution in [2.24, 2.45) is 0 Å². The second-order valence-corrected chi connectivity index (χ2v) is 8.79. The Balaban J connectivity index is 1.28. The molecule has 0 saturated carbocycles. The fraction of sp³-hybridized carbons (Fsp3) is 0.346. The summed E-state index contributed by atoms with van der Waals surface area (Å²) < 4.78 is 33.0. The van der Waals surface area contributed by atoms with Crippen molar-refractivity contribution in [3.05, 3.63) is 82.8 Å².